The van der Waals surface area contributed by atoms with Crippen molar-refractivity contribution in [2.75, 3.05) is 19.5 Å². The van der Waals surface area contributed by atoms with E-state index in [1.165, 1.54) is 12.8 Å². The lowest BCUT2D eigenvalue weighted by molar-refractivity contribution is -0.137. The average Bonchev–Trinajstić information content (AvgIpc) is 2.63. The van der Waals surface area contributed by atoms with Gasteiger partial charge in [0.05, 0.1) is 0 Å². The molecule has 2 nitrogen and oxygen atoms in total. The normalized spacial score (nSPS) is 22.7. The van der Waals surface area contributed by atoms with Gasteiger partial charge in [0.15, 0.2) is 0 Å². The predicted octanol–water partition coefficient (Wildman–Crippen LogP) is 3.68. The lowest BCUT2D eigenvalue weighted by Gasteiger charge is -2.30. The summed E-state index contributed by atoms with van der Waals surface area (Å²) in [5, 5.41) is 0. The number of amides is 1. The minimum atomic E-state index is 0.196. The fraction of sp³-hybridized carbons (Fsp3) is 0.929. The first-order valence-electron chi connectivity index (χ1n) is 6.80. The van der Waals surface area contributed by atoms with E-state index in [0.717, 1.165) is 38.1 Å². The maximum atomic E-state index is 12.3. The first-order valence-corrected chi connectivity index (χ1v) is 7.33. The highest BCUT2D eigenvalue weighted by Gasteiger charge is 2.40. The van der Waals surface area contributed by atoms with Crippen molar-refractivity contribution >= 4 is 17.5 Å². The van der Waals surface area contributed by atoms with E-state index in [0.29, 0.717) is 5.91 Å². The van der Waals surface area contributed by atoms with Gasteiger partial charge in [-0.25, -0.2) is 0 Å². The predicted molar refractivity (Wildman–Crippen MR) is 73.3 cm³/mol. The summed E-state index contributed by atoms with van der Waals surface area (Å²) in [6, 6.07) is 0. The molecule has 1 aliphatic rings. The van der Waals surface area contributed by atoms with Gasteiger partial charge < -0.3 is 4.90 Å². The zero-order valence-corrected chi connectivity index (χ0v) is 12.2. The highest BCUT2D eigenvalue weighted by Crippen LogP contribution is 2.43. The quantitative estimate of drug-likeness (QED) is 0.526. The van der Waals surface area contributed by atoms with E-state index < -0.39 is 0 Å². The van der Waals surface area contributed by atoms with E-state index >= 15 is 0 Å². The van der Waals surface area contributed by atoms with Crippen molar-refractivity contribution in [3.63, 3.8) is 0 Å². The Morgan fingerprint density at radius 1 is 1.35 bits per heavy atom. The summed E-state index contributed by atoms with van der Waals surface area (Å²) in [6.45, 7) is 5.33. The molecule has 1 amide bonds. The monoisotopic (exact) mass is 259 g/mol. The number of carbonyl (C=O) groups is 1. The van der Waals surface area contributed by atoms with Crippen molar-refractivity contribution in [1.82, 2.24) is 4.90 Å². The highest BCUT2D eigenvalue weighted by atomic mass is 35.5. The van der Waals surface area contributed by atoms with Crippen molar-refractivity contribution in [3.05, 3.63) is 0 Å². The van der Waals surface area contributed by atoms with Crippen molar-refractivity contribution in [2.45, 2.75) is 52.4 Å². The van der Waals surface area contributed by atoms with Gasteiger partial charge in [-0.05, 0) is 31.1 Å². The molecule has 1 saturated carbocycles. The Kier molecular flexibility index (Phi) is 5.78. The summed E-state index contributed by atoms with van der Waals surface area (Å²) >= 11 is 5.64. The Balaban J connectivity index is 2.36. The third kappa shape index (κ3) is 4.17. The molecule has 0 spiro atoms. The van der Waals surface area contributed by atoms with Gasteiger partial charge >= 0.3 is 0 Å². The van der Waals surface area contributed by atoms with Crippen molar-refractivity contribution < 1.29 is 4.79 Å². The summed E-state index contributed by atoms with van der Waals surface area (Å²) < 4.78 is 0. The smallest absolute Gasteiger partial charge is 0.225 e. The molecule has 0 aliphatic heterocycles. The number of halogens is 1. The lowest BCUT2D eigenvalue weighted by Crippen LogP contribution is -2.38. The molecule has 1 fully saturated rings. The fourth-order valence-corrected chi connectivity index (χ4v) is 2.97. The number of nitrogens with zero attached hydrogens (tertiary/aromatic N) is 1. The van der Waals surface area contributed by atoms with E-state index in [4.69, 9.17) is 11.6 Å². The second-order valence-corrected chi connectivity index (χ2v) is 6.32. The highest BCUT2D eigenvalue weighted by molar-refractivity contribution is 6.17. The largest absolute Gasteiger partial charge is 0.346 e. The third-order valence-corrected chi connectivity index (χ3v) is 4.33. The summed E-state index contributed by atoms with van der Waals surface area (Å²) in [5.74, 6) is 1.31. The molecular formula is C14H26ClNO. The molecule has 1 aliphatic carbocycles. The zero-order chi connectivity index (χ0) is 12.9. The van der Waals surface area contributed by atoms with E-state index in [2.05, 4.69) is 13.8 Å². The van der Waals surface area contributed by atoms with Crippen LogP contribution in [0.1, 0.15) is 52.4 Å². The number of hydrogen-bond acceptors (Lipinski definition) is 1. The van der Waals surface area contributed by atoms with E-state index in [-0.39, 0.29) is 11.3 Å². The molecule has 17 heavy (non-hydrogen) atoms. The number of carbonyl (C=O) groups excluding carboxylic acids is 1. The topological polar surface area (TPSA) is 20.3 Å². The molecule has 0 saturated heterocycles. The summed E-state index contributed by atoms with van der Waals surface area (Å²) in [6.07, 6.45) is 6.70. The SMILES string of the molecule is CN(CCCCCCl)C(=O)C1CCCC1(C)C. The Bertz CT molecular complexity index is 253. The van der Waals surface area contributed by atoms with Crippen LogP contribution in [0.2, 0.25) is 0 Å². The van der Waals surface area contributed by atoms with Crippen molar-refractivity contribution in [3.8, 4) is 0 Å². The van der Waals surface area contributed by atoms with Crippen LogP contribution in [0.25, 0.3) is 0 Å². The Labute approximate surface area is 111 Å². The molecule has 0 N–H and O–H groups in total. The van der Waals surface area contributed by atoms with Crippen LogP contribution < -0.4 is 0 Å². The molecule has 1 rings (SSSR count). The van der Waals surface area contributed by atoms with Gasteiger partial charge in [-0.1, -0.05) is 26.7 Å². The number of hydrogen-bond donors (Lipinski definition) is 0. The van der Waals surface area contributed by atoms with Gasteiger partial charge in [-0.2, -0.15) is 0 Å². The average molecular weight is 260 g/mol. The summed E-state index contributed by atoms with van der Waals surface area (Å²) in [5.41, 5.74) is 0.196. The zero-order valence-electron chi connectivity index (χ0n) is 11.5. The van der Waals surface area contributed by atoms with E-state index in [1.807, 2.05) is 11.9 Å². The van der Waals surface area contributed by atoms with Gasteiger partial charge in [0.25, 0.3) is 0 Å². The van der Waals surface area contributed by atoms with Crippen LogP contribution in [0.3, 0.4) is 0 Å². The lowest BCUT2D eigenvalue weighted by atomic mass is 9.81. The number of alkyl halides is 1. The van der Waals surface area contributed by atoms with Crippen LogP contribution in [0.4, 0.5) is 0 Å². The number of rotatable bonds is 6. The third-order valence-electron chi connectivity index (χ3n) is 4.06. The van der Waals surface area contributed by atoms with E-state index in [9.17, 15) is 4.79 Å². The molecule has 0 aromatic carbocycles. The Hall–Kier alpha value is -0.240. The standard InChI is InChI=1S/C14H26ClNO/c1-14(2)9-7-8-12(14)13(17)16(3)11-6-4-5-10-15/h12H,4-11H2,1-3H3. The van der Waals surface area contributed by atoms with Crippen molar-refractivity contribution in [1.29, 1.82) is 0 Å². The van der Waals surface area contributed by atoms with Crippen LogP contribution >= 0.6 is 11.6 Å². The molecule has 0 heterocycles. The van der Waals surface area contributed by atoms with Gasteiger partial charge in [-0.15, -0.1) is 11.6 Å². The molecule has 0 aromatic heterocycles. The van der Waals surface area contributed by atoms with Gasteiger partial charge in [0, 0.05) is 25.4 Å². The maximum absolute atomic E-state index is 12.3. The molecular weight excluding hydrogens is 234 g/mol. The maximum Gasteiger partial charge on any atom is 0.225 e. The van der Waals surface area contributed by atoms with Crippen LogP contribution in [-0.2, 0) is 4.79 Å². The van der Waals surface area contributed by atoms with Crippen LogP contribution in [0.15, 0.2) is 0 Å². The first-order chi connectivity index (χ1) is 7.99. The van der Waals surface area contributed by atoms with Gasteiger partial charge in [0.1, 0.15) is 0 Å². The molecule has 0 bridgehead atoms. The van der Waals surface area contributed by atoms with Crippen LogP contribution in [-0.4, -0.2) is 30.3 Å². The molecule has 0 aromatic rings. The van der Waals surface area contributed by atoms with E-state index in [1.54, 1.807) is 0 Å². The van der Waals surface area contributed by atoms with Crippen LogP contribution in [0.5, 0.6) is 0 Å². The Morgan fingerprint density at radius 3 is 2.59 bits per heavy atom. The van der Waals surface area contributed by atoms with Crippen molar-refractivity contribution in [2.24, 2.45) is 11.3 Å². The molecule has 3 heteroatoms. The Morgan fingerprint density at radius 2 is 2.06 bits per heavy atom. The summed E-state index contributed by atoms with van der Waals surface area (Å²) in [7, 11) is 1.94. The fourth-order valence-electron chi connectivity index (χ4n) is 2.78. The van der Waals surface area contributed by atoms with Gasteiger partial charge in [-0.3, -0.25) is 4.79 Å². The second-order valence-electron chi connectivity index (χ2n) is 5.94. The molecule has 1 unspecified atom stereocenters. The minimum Gasteiger partial charge on any atom is -0.346 e. The molecule has 1 atom stereocenters. The number of unbranched alkanes of at least 4 members (excludes halogenated alkanes) is 2. The van der Waals surface area contributed by atoms with Crippen LogP contribution in [0, 0.1) is 11.3 Å². The summed E-state index contributed by atoms with van der Waals surface area (Å²) in [4.78, 5) is 14.2. The van der Waals surface area contributed by atoms with Gasteiger partial charge in [0.2, 0.25) is 5.91 Å². The first kappa shape index (κ1) is 14.8. The molecule has 0 radical (unpaired) electrons. The molecule has 100 valence electrons. The second kappa shape index (κ2) is 6.63. The minimum absolute atomic E-state index is 0.196.